The monoisotopic (exact) mass is 455 g/mol. The Bertz CT molecular complexity index is 1050. The summed E-state index contributed by atoms with van der Waals surface area (Å²) in [6.45, 7) is 7.74. The van der Waals surface area contributed by atoms with E-state index >= 15 is 0 Å². The molecule has 4 atom stereocenters. The van der Waals surface area contributed by atoms with Crippen LogP contribution in [0.15, 0.2) is 41.7 Å². The van der Waals surface area contributed by atoms with Gasteiger partial charge < -0.3 is 19.9 Å². The van der Waals surface area contributed by atoms with E-state index in [9.17, 15) is 0 Å². The molecule has 7 heteroatoms. The van der Waals surface area contributed by atoms with Gasteiger partial charge in [0.1, 0.15) is 24.0 Å². The molecule has 6 nitrogen and oxygen atoms in total. The second-order valence-electron chi connectivity index (χ2n) is 10.3. The molecule has 2 N–H and O–H groups in total. The zero-order valence-electron chi connectivity index (χ0n) is 18.8. The molecule has 2 aliphatic heterocycles. The number of amidine groups is 1. The van der Waals surface area contributed by atoms with Crippen molar-refractivity contribution in [2.75, 3.05) is 13.2 Å². The molecule has 0 radical (unpaired) electrons. The first kappa shape index (κ1) is 21.5. The van der Waals surface area contributed by atoms with Crippen molar-refractivity contribution in [2.24, 2.45) is 22.1 Å². The summed E-state index contributed by atoms with van der Waals surface area (Å²) >= 11 is 6.19. The predicted molar refractivity (Wildman–Crippen MR) is 125 cm³/mol. The van der Waals surface area contributed by atoms with Gasteiger partial charge >= 0.3 is 0 Å². The van der Waals surface area contributed by atoms with Crippen molar-refractivity contribution in [3.63, 3.8) is 0 Å². The lowest BCUT2D eigenvalue weighted by Crippen LogP contribution is -2.52. The maximum atomic E-state index is 6.50. The Labute approximate surface area is 194 Å². The SMILES string of the molecule is CC(C)(C)CO[C@@H]1CC[C@@H]2Oc3ccc(-c4cncc(Cl)c4)cc3[C@@]3(COC(N)=N3)[C@H]2C1. The molecule has 0 unspecified atom stereocenters. The molecule has 0 bridgehead atoms. The van der Waals surface area contributed by atoms with Crippen molar-refractivity contribution in [1.82, 2.24) is 4.98 Å². The molecule has 32 heavy (non-hydrogen) atoms. The van der Waals surface area contributed by atoms with Crippen molar-refractivity contribution < 1.29 is 14.2 Å². The summed E-state index contributed by atoms with van der Waals surface area (Å²) in [4.78, 5) is 9.13. The summed E-state index contributed by atoms with van der Waals surface area (Å²) in [5.74, 6) is 0.976. The highest BCUT2D eigenvalue weighted by molar-refractivity contribution is 6.30. The Morgan fingerprint density at radius 3 is 2.75 bits per heavy atom. The van der Waals surface area contributed by atoms with Gasteiger partial charge in [-0.2, -0.15) is 0 Å². The number of rotatable bonds is 3. The Balaban J connectivity index is 1.52. The van der Waals surface area contributed by atoms with Crippen LogP contribution in [0.4, 0.5) is 0 Å². The molecule has 3 heterocycles. The molecule has 2 aromatic rings. The van der Waals surface area contributed by atoms with Gasteiger partial charge in [0.05, 0.1) is 17.7 Å². The van der Waals surface area contributed by atoms with E-state index in [1.54, 1.807) is 6.20 Å². The smallest absolute Gasteiger partial charge is 0.283 e. The van der Waals surface area contributed by atoms with E-state index in [4.69, 9.17) is 36.5 Å². The van der Waals surface area contributed by atoms with Gasteiger partial charge in [0, 0.05) is 29.4 Å². The van der Waals surface area contributed by atoms with Crippen LogP contribution >= 0.6 is 11.6 Å². The number of halogens is 1. The Hall–Kier alpha value is -2.31. The quantitative estimate of drug-likeness (QED) is 0.709. The van der Waals surface area contributed by atoms with Gasteiger partial charge in [0.15, 0.2) is 0 Å². The highest BCUT2D eigenvalue weighted by Gasteiger charge is 2.55. The van der Waals surface area contributed by atoms with Crippen LogP contribution in [0.3, 0.4) is 0 Å². The van der Waals surface area contributed by atoms with Crippen LogP contribution in [0, 0.1) is 11.3 Å². The molecule has 1 saturated carbocycles. The number of hydrogen-bond acceptors (Lipinski definition) is 6. The molecule has 170 valence electrons. The lowest BCUT2D eigenvalue weighted by atomic mass is 9.67. The van der Waals surface area contributed by atoms with E-state index in [0.717, 1.165) is 48.3 Å². The lowest BCUT2D eigenvalue weighted by Gasteiger charge is -2.48. The topological polar surface area (TPSA) is 79.0 Å². The molecule has 1 aromatic carbocycles. The van der Waals surface area contributed by atoms with Crippen molar-refractivity contribution in [2.45, 2.75) is 57.8 Å². The summed E-state index contributed by atoms with van der Waals surface area (Å²) in [6, 6.07) is 8.35. The normalized spacial score (nSPS) is 29.0. The molecule has 1 spiro atoms. The third-order valence-corrected chi connectivity index (χ3v) is 6.82. The summed E-state index contributed by atoms with van der Waals surface area (Å²) in [5.41, 5.74) is 8.59. The summed E-state index contributed by atoms with van der Waals surface area (Å²) < 4.78 is 18.6. The minimum absolute atomic E-state index is 0.0638. The fraction of sp³-hybridized carbons (Fsp3) is 0.520. The van der Waals surface area contributed by atoms with Crippen molar-refractivity contribution >= 4 is 17.6 Å². The Morgan fingerprint density at radius 2 is 2.03 bits per heavy atom. The van der Waals surface area contributed by atoms with Gasteiger partial charge in [-0.05, 0) is 48.4 Å². The molecule has 1 aromatic heterocycles. The fourth-order valence-corrected chi connectivity index (χ4v) is 5.30. The number of nitrogens with two attached hydrogens (primary N) is 1. The average Bonchev–Trinajstić information content (AvgIpc) is 3.14. The van der Waals surface area contributed by atoms with Gasteiger partial charge in [-0.25, -0.2) is 4.99 Å². The van der Waals surface area contributed by atoms with Crippen LogP contribution in [0.25, 0.3) is 11.1 Å². The van der Waals surface area contributed by atoms with E-state index in [1.807, 2.05) is 24.4 Å². The standard InChI is InChI=1S/C25H30ClN3O3/c1-24(2,3)13-30-18-5-7-22-20(10-18)25(14-31-23(27)29-25)19-9-15(4-6-21(19)32-22)16-8-17(26)12-28-11-16/h4,6,8-9,11-12,18,20,22H,5,7,10,13-14H2,1-3H3,(H2,27,29)/t18-,20+,22+,25+/m1/s1. The summed E-state index contributed by atoms with van der Waals surface area (Å²) in [6.07, 6.45) is 6.46. The minimum atomic E-state index is -0.575. The second kappa shape index (κ2) is 7.92. The molecule has 5 rings (SSSR count). The molecule has 0 saturated heterocycles. The number of aromatic nitrogens is 1. The fourth-order valence-electron chi connectivity index (χ4n) is 5.12. The van der Waals surface area contributed by atoms with Crippen LogP contribution in [-0.4, -0.2) is 36.4 Å². The third-order valence-electron chi connectivity index (χ3n) is 6.62. The number of ether oxygens (including phenoxy) is 3. The molecular formula is C25H30ClN3O3. The molecule has 1 aliphatic carbocycles. The number of fused-ring (bicyclic) bond motifs is 4. The van der Waals surface area contributed by atoms with Gasteiger partial charge in [0.2, 0.25) is 0 Å². The van der Waals surface area contributed by atoms with Crippen LogP contribution in [0.2, 0.25) is 5.02 Å². The van der Waals surface area contributed by atoms with E-state index < -0.39 is 5.54 Å². The first-order valence-corrected chi connectivity index (χ1v) is 11.6. The first-order valence-electron chi connectivity index (χ1n) is 11.3. The Kier molecular flexibility index (Phi) is 5.33. The van der Waals surface area contributed by atoms with Gasteiger partial charge in [0.25, 0.3) is 6.02 Å². The minimum Gasteiger partial charge on any atom is -0.490 e. The number of pyridine rings is 1. The van der Waals surface area contributed by atoms with E-state index in [-0.39, 0.29) is 29.6 Å². The van der Waals surface area contributed by atoms with Gasteiger partial charge in [-0.3, -0.25) is 4.98 Å². The summed E-state index contributed by atoms with van der Waals surface area (Å²) in [5, 5.41) is 0.601. The molecular weight excluding hydrogens is 426 g/mol. The molecule has 3 aliphatic rings. The van der Waals surface area contributed by atoms with Crippen molar-refractivity contribution in [1.29, 1.82) is 0 Å². The van der Waals surface area contributed by atoms with Crippen LogP contribution in [-0.2, 0) is 15.0 Å². The van der Waals surface area contributed by atoms with Gasteiger partial charge in [-0.1, -0.05) is 38.4 Å². The zero-order chi connectivity index (χ0) is 22.5. The van der Waals surface area contributed by atoms with Gasteiger partial charge in [-0.15, -0.1) is 0 Å². The maximum Gasteiger partial charge on any atom is 0.283 e. The molecule has 1 fully saturated rings. The van der Waals surface area contributed by atoms with E-state index in [0.29, 0.717) is 11.6 Å². The van der Waals surface area contributed by atoms with Crippen LogP contribution in [0.1, 0.15) is 45.6 Å². The number of nitrogens with zero attached hydrogens (tertiary/aromatic N) is 2. The third kappa shape index (κ3) is 3.95. The number of aliphatic imine (C=N–C) groups is 1. The highest BCUT2D eigenvalue weighted by atomic mass is 35.5. The van der Waals surface area contributed by atoms with E-state index in [2.05, 4.69) is 31.8 Å². The lowest BCUT2D eigenvalue weighted by molar-refractivity contribution is -0.0757. The second-order valence-corrected chi connectivity index (χ2v) is 10.8. The van der Waals surface area contributed by atoms with Crippen molar-refractivity contribution in [3.8, 4) is 16.9 Å². The zero-order valence-corrected chi connectivity index (χ0v) is 19.6. The predicted octanol–water partition coefficient (Wildman–Crippen LogP) is 4.93. The Morgan fingerprint density at radius 1 is 1.19 bits per heavy atom. The number of benzene rings is 1. The van der Waals surface area contributed by atoms with Crippen molar-refractivity contribution in [3.05, 3.63) is 47.2 Å². The van der Waals surface area contributed by atoms with Crippen LogP contribution < -0.4 is 10.5 Å². The largest absolute Gasteiger partial charge is 0.490 e. The highest BCUT2D eigenvalue weighted by Crippen LogP contribution is 2.53. The first-order chi connectivity index (χ1) is 15.2. The summed E-state index contributed by atoms with van der Waals surface area (Å²) in [7, 11) is 0. The average molecular weight is 456 g/mol. The van der Waals surface area contributed by atoms with E-state index in [1.165, 1.54) is 0 Å². The molecule has 0 amide bonds. The number of hydrogen-bond donors (Lipinski definition) is 1. The maximum absolute atomic E-state index is 6.50. The van der Waals surface area contributed by atoms with Crippen LogP contribution in [0.5, 0.6) is 5.75 Å².